The zero-order valence-electron chi connectivity index (χ0n) is 15.7. The van der Waals surface area contributed by atoms with Gasteiger partial charge in [0.15, 0.2) is 0 Å². The van der Waals surface area contributed by atoms with Crippen molar-refractivity contribution in [1.82, 2.24) is 16.0 Å². The molecule has 0 aromatic carbocycles. The molecule has 0 aromatic rings. The Labute approximate surface area is 155 Å². The van der Waals surface area contributed by atoms with Gasteiger partial charge in [0.05, 0.1) is 0 Å². The van der Waals surface area contributed by atoms with Crippen LogP contribution in [0, 0.1) is 17.3 Å². The molecular formula is C20H31N3O3. The van der Waals surface area contributed by atoms with E-state index in [1.54, 1.807) is 0 Å². The van der Waals surface area contributed by atoms with Gasteiger partial charge in [0, 0.05) is 36.9 Å². The van der Waals surface area contributed by atoms with Gasteiger partial charge in [-0.05, 0) is 56.3 Å². The van der Waals surface area contributed by atoms with Gasteiger partial charge in [-0.2, -0.15) is 0 Å². The maximum atomic E-state index is 12.2. The first-order chi connectivity index (χ1) is 12.5. The lowest BCUT2D eigenvalue weighted by molar-refractivity contribution is -0.128. The Balaban J connectivity index is 1.10. The van der Waals surface area contributed by atoms with Crippen molar-refractivity contribution in [2.24, 2.45) is 17.3 Å². The number of hydrogen-bond donors (Lipinski definition) is 3. The van der Waals surface area contributed by atoms with Gasteiger partial charge < -0.3 is 16.0 Å². The third-order valence-electron chi connectivity index (χ3n) is 6.86. The molecule has 3 aliphatic carbocycles. The molecule has 6 heteroatoms. The van der Waals surface area contributed by atoms with Crippen LogP contribution in [-0.4, -0.2) is 35.8 Å². The largest absolute Gasteiger partial charge is 0.353 e. The van der Waals surface area contributed by atoms with Gasteiger partial charge in [0.25, 0.3) is 0 Å². The molecule has 4 rings (SSSR count). The van der Waals surface area contributed by atoms with Gasteiger partial charge in [-0.25, -0.2) is 0 Å². The van der Waals surface area contributed by atoms with Crippen molar-refractivity contribution in [3.05, 3.63) is 0 Å². The monoisotopic (exact) mass is 361 g/mol. The third-order valence-corrected chi connectivity index (χ3v) is 6.86. The first-order valence-corrected chi connectivity index (χ1v) is 10.4. The summed E-state index contributed by atoms with van der Waals surface area (Å²) in [7, 11) is 0. The molecule has 1 spiro atoms. The predicted octanol–water partition coefficient (Wildman–Crippen LogP) is 1.63. The molecule has 3 N–H and O–H groups in total. The lowest BCUT2D eigenvalue weighted by Crippen LogP contribution is -2.61. The molecule has 1 saturated heterocycles. The van der Waals surface area contributed by atoms with Crippen LogP contribution in [0.1, 0.15) is 71.1 Å². The molecule has 4 fully saturated rings. The number of nitrogens with one attached hydrogen (secondary N) is 3. The number of carbonyl (C=O) groups excluding carboxylic acids is 3. The molecule has 1 aliphatic heterocycles. The fraction of sp³-hybridized carbons (Fsp3) is 0.850. The van der Waals surface area contributed by atoms with Crippen molar-refractivity contribution in [1.29, 1.82) is 0 Å². The molecule has 0 aromatic heterocycles. The standard InChI is InChI=1S/C20H31N3O3/c1-2-3-12-6-16(12)19(26)23-15-10-20(11-15)8-14(9-20)22-18(25)7-13-4-5-17(24)21-13/h12-16H,2-11H2,1H3,(H,21,24)(H,22,25)(H,23,26)/t12-,13?,14?,15?,16-,20?/m1/s1. The minimum Gasteiger partial charge on any atom is -0.353 e. The molecule has 3 amide bonds. The molecule has 3 saturated carbocycles. The second kappa shape index (κ2) is 6.86. The minimum absolute atomic E-state index is 0.0128. The Hall–Kier alpha value is -1.59. The van der Waals surface area contributed by atoms with Crippen LogP contribution in [0.3, 0.4) is 0 Å². The summed E-state index contributed by atoms with van der Waals surface area (Å²) in [5, 5.41) is 9.18. The van der Waals surface area contributed by atoms with Gasteiger partial charge in [0.2, 0.25) is 17.7 Å². The lowest BCUT2D eigenvalue weighted by Gasteiger charge is -2.57. The summed E-state index contributed by atoms with van der Waals surface area (Å²) < 4.78 is 0. The van der Waals surface area contributed by atoms with E-state index in [0.29, 0.717) is 30.2 Å². The van der Waals surface area contributed by atoms with E-state index in [1.807, 2.05) is 0 Å². The van der Waals surface area contributed by atoms with Crippen LogP contribution < -0.4 is 16.0 Å². The van der Waals surface area contributed by atoms with Gasteiger partial charge >= 0.3 is 0 Å². The average Bonchev–Trinajstić information content (AvgIpc) is 3.17. The summed E-state index contributed by atoms with van der Waals surface area (Å²) >= 11 is 0. The first-order valence-electron chi connectivity index (χ1n) is 10.4. The summed E-state index contributed by atoms with van der Waals surface area (Å²) in [6.45, 7) is 2.18. The number of carbonyl (C=O) groups is 3. The van der Waals surface area contributed by atoms with Crippen LogP contribution in [0.25, 0.3) is 0 Å². The van der Waals surface area contributed by atoms with Crippen molar-refractivity contribution in [2.45, 2.75) is 89.3 Å². The molecule has 1 heterocycles. The van der Waals surface area contributed by atoms with Crippen molar-refractivity contribution >= 4 is 17.7 Å². The Morgan fingerprint density at radius 1 is 1.15 bits per heavy atom. The van der Waals surface area contributed by atoms with Crippen LogP contribution in [0.5, 0.6) is 0 Å². The molecule has 6 nitrogen and oxygen atoms in total. The Morgan fingerprint density at radius 3 is 2.46 bits per heavy atom. The summed E-state index contributed by atoms with van der Waals surface area (Å²) in [6.07, 6.45) is 9.32. The van der Waals surface area contributed by atoms with E-state index in [0.717, 1.165) is 38.5 Å². The SMILES string of the molecule is CCC[C@@H]1C[C@H]1C(=O)NC1CC2(CC(NC(=O)CC3CCC(=O)N3)C2)C1. The number of amides is 3. The summed E-state index contributed by atoms with van der Waals surface area (Å²) in [6, 6.07) is 0.628. The molecule has 0 radical (unpaired) electrons. The molecule has 0 bridgehead atoms. The van der Waals surface area contributed by atoms with E-state index < -0.39 is 0 Å². The van der Waals surface area contributed by atoms with Crippen LogP contribution in [0.15, 0.2) is 0 Å². The van der Waals surface area contributed by atoms with Crippen molar-refractivity contribution in [2.75, 3.05) is 0 Å². The number of hydrogen-bond acceptors (Lipinski definition) is 3. The topological polar surface area (TPSA) is 87.3 Å². The molecule has 3 atom stereocenters. The molecule has 26 heavy (non-hydrogen) atoms. The lowest BCUT2D eigenvalue weighted by atomic mass is 9.52. The summed E-state index contributed by atoms with van der Waals surface area (Å²) in [5.74, 6) is 1.28. The van der Waals surface area contributed by atoms with Gasteiger partial charge in [-0.1, -0.05) is 13.3 Å². The maximum Gasteiger partial charge on any atom is 0.223 e. The Kier molecular flexibility index (Phi) is 4.70. The van der Waals surface area contributed by atoms with Crippen molar-refractivity contribution < 1.29 is 14.4 Å². The minimum atomic E-state index is 0.0128. The zero-order valence-corrected chi connectivity index (χ0v) is 15.7. The average molecular weight is 361 g/mol. The van der Waals surface area contributed by atoms with E-state index in [4.69, 9.17) is 0 Å². The van der Waals surface area contributed by atoms with Crippen molar-refractivity contribution in [3.8, 4) is 0 Å². The normalized spacial score (nSPS) is 40.3. The highest BCUT2D eigenvalue weighted by atomic mass is 16.2. The fourth-order valence-electron chi connectivity index (χ4n) is 5.42. The van der Waals surface area contributed by atoms with Gasteiger partial charge in [-0.3, -0.25) is 14.4 Å². The fourth-order valence-corrected chi connectivity index (χ4v) is 5.42. The molecule has 1 unspecified atom stereocenters. The summed E-state index contributed by atoms with van der Waals surface area (Å²) in [4.78, 5) is 35.5. The second-order valence-electron chi connectivity index (χ2n) is 9.18. The van der Waals surface area contributed by atoms with Gasteiger partial charge in [-0.15, -0.1) is 0 Å². The van der Waals surface area contributed by atoms with Crippen LogP contribution in [0.4, 0.5) is 0 Å². The van der Waals surface area contributed by atoms with E-state index in [9.17, 15) is 14.4 Å². The highest BCUT2D eigenvalue weighted by Crippen LogP contribution is 2.56. The smallest absolute Gasteiger partial charge is 0.223 e. The van der Waals surface area contributed by atoms with E-state index >= 15 is 0 Å². The molecular weight excluding hydrogens is 330 g/mol. The van der Waals surface area contributed by atoms with Crippen LogP contribution in [-0.2, 0) is 14.4 Å². The van der Waals surface area contributed by atoms with Crippen molar-refractivity contribution in [3.63, 3.8) is 0 Å². The Bertz CT molecular complexity index is 591. The highest BCUT2D eigenvalue weighted by molar-refractivity contribution is 5.82. The van der Waals surface area contributed by atoms with E-state index in [-0.39, 0.29) is 35.7 Å². The van der Waals surface area contributed by atoms with E-state index in [1.165, 1.54) is 12.8 Å². The predicted molar refractivity (Wildman–Crippen MR) is 97.0 cm³/mol. The molecule has 144 valence electrons. The second-order valence-corrected chi connectivity index (χ2v) is 9.18. The Morgan fingerprint density at radius 2 is 1.85 bits per heavy atom. The van der Waals surface area contributed by atoms with Gasteiger partial charge in [0.1, 0.15) is 0 Å². The quantitative estimate of drug-likeness (QED) is 0.644. The molecule has 4 aliphatic rings. The first kappa shape index (κ1) is 17.8. The summed E-state index contributed by atoms with van der Waals surface area (Å²) in [5.41, 5.74) is 0.351. The van der Waals surface area contributed by atoms with Crippen LogP contribution in [0.2, 0.25) is 0 Å². The third kappa shape index (κ3) is 3.74. The van der Waals surface area contributed by atoms with E-state index in [2.05, 4.69) is 22.9 Å². The zero-order chi connectivity index (χ0) is 18.3. The highest BCUT2D eigenvalue weighted by Gasteiger charge is 2.54. The number of rotatable bonds is 7. The maximum absolute atomic E-state index is 12.2. The van der Waals surface area contributed by atoms with Crippen LogP contribution >= 0.6 is 0 Å².